The Hall–Kier alpha value is -2.32. The summed E-state index contributed by atoms with van der Waals surface area (Å²) in [6, 6.07) is 0. The predicted molar refractivity (Wildman–Crippen MR) is 91.0 cm³/mol. The van der Waals surface area contributed by atoms with E-state index in [-0.39, 0.29) is 50.7 Å². The largest absolute Gasteiger partial charge is 0.481 e. The number of amides is 3. The minimum Gasteiger partial charge on any atom is -0.481 e. The Kier molecular flexibility index (Phi) is 9.55. The fourth-order valence-corrected chi connectivity index (χ4v) is 1.74. The van der Waals surface area contributed by atoms with Gasteiger partial charge in [-0.1, -0.05) is 0 Å². The van der Waals surface area contributed by atoms with Crippen molar-refractivity contribution in [3.63, 3.8) is 0 Å². The summed E-state index contributed by atoms with van der Waals surface area (Å²) in [7, 11) is 3.10. The monoisotopic (exact) mass is 359 g/mol. The van der Waals surface area contributed by atoms with Gasteiger partial charge in [-0.25, -0.2) is 4.79 Å². The molecule has 0 aromatic rings. The highest BCUT2D eigenvalue weighted by atomic mass is 16.6. The summed E-state index contributed by atoms with van der Waals surface area (Å²) in [6.45, 7) is 5.74. The van der Waals surface area contributed by atoms with E-state index in [0.29, 0.717) is 0 Å². The number of aliphatic carboxylic acids is 1. The topological polar surface area (TPSA) is 116 Å². The smallest absolute Gasteiger partial charge is 0.407 e. The molecule has 9 heteroatoms. The number of carboxylic acid groups (broad SMARTS) is 1. The summed E-state index contributed by atoms with van der Waals surface area (Å²) in [5.74, 6) is -1.41. The molecule has 25 heavy (non-hydrogen) atoms. The molecule has 0 unspecified atom stereocenters. The Morgan fingerprint density at radius 2 is 1.40 bits per heavy atom. The van der Waals surface area contributed by atoms with Gasteiger partial charge in [-0.15, -0.1) is 0 Å². The van der Waals surface area contributed by atoms with E-state index in [1.807, 2.05) is 0 Å². The molecule has 0 aliphatic rings. The highest BCUT2D eigenvalue weighted by Gasteiger charge is 2.17. The molecule has 0 saturated heterocycles. The summed E-state index contributed by atoms with van der Waals surface area (Å²) < 4.78 is 5.06. The van der Waals surface area contributed by atoms with Crippen molar-refractivity contribution in [1.82, 2.24) is 15.1 Å². The van der Waals surface area contributed by atoms with E-state index < -0.39 is 17.7 Å². The van der Waals surface area contributed by atoms with E-state index in [1.54, 1.807) is 27.8 Å². The van der Waals surface area contributed by atoms with Crippen molar-refractivity contribution in [2.45, 2.75) is 45.6 Å². The number of carbonyl (C=O) groups is 4. The molecule has 0 aliphatic heterocycles. The standard InChI is InChI=1S/C16H29N3O6/c1-16(2,3)25-15(24)17-9-6-12(20)18(4)10-7-13(21)19(5)11-8-14(22)23/h6-11H2,1-5H3,(H,17,24)(H,22,23). The molecular weight excluding hydrogens is 330 g/mol. The Morgan fingerprint density at radius 3 is 1.88 bits per heavy atom. The number of hydrogen-bond donors (Lipinski definition) is 2. The van der Waals surface area contributed by atoms with Crippen LogP contribution in [0.3, 0.4) is 0 Å². The number of ether oxygens (including phenoxy) is 1. The molecule has 0 radical (unpaired) electrons. The molecule has 0 aliphatic carbocycles. The molecule has 0 atom stereocenters. The number of nitrogens with one attached hydrogen (secondary N) is 1. The third kappa shape index (κ3) is 11.8. The van der Waals surface area contributed by atoms with Gasteiger partial charge in [0, 0.05) is 46.6 Å². The Balaban J connectivity index is 4.04. The van der Waals surface area contributed by atoms with Crippen molar-refractivity contribution < 1.29 is 29.0 Å². The van der Waals surface area contributed by atoms with Gasteiger partial charge >= 0.3 is 12.1 Å². The highest BCUT2D eigenvalue weighted by molar-refractivity contribution is 5.79. The van der Waals surface area contributed by atoms with E-state index in [4.69, 9.17) is 9.84 Å². The van der Waals surface area contributed by atoms with Crippen LogP contribution in [0.4, 0.5) is 4.79 Å². The van der Waals surface area contributed by atoms with Crippen LogP contribution in [-0.2, 0) is 19.1 Å². The Bertz CT molecular complexity index is 487. The molecule has 144 valence electrons. The van der Waals surface area contributed by atoms with Crippen LogP contribution in [-0.4, -0.2) is 78.1 Å². The fourth-order valence-electron chi connectivity index (χ4n) is 1.74. The zero-order valence-corrected chi connectivity index (χ0v) is 15.6. The van der Waals surface area contributed by atoms with Gasteiger partial charge in [-0.2, -0.15) is 0 Å². The summed E-state index contributed by atoms with van der Waals surface area (Å²) >= 11 is 0. The molecule has 0 saturated carbocycles. The number of carboxylic acids is 1. The molecule has 2 N–H and O–H groups in total. The third-order valence-corrected chi connectivity index (χ3v) is 3.18. The van der Waals surface area contributed by atoms with Gasteiger partial charge in [-0.05, 0) is 20.8 Å². The average molecular weight is 359 g/mol. The number of carbonyl (C=O) groups excluding carboxylic acids is 3. The van der Waals surface area contributed by atoms with Crippen LogP contribution in [0, 0.1) is 0 Å². The third-order valence-electron chi connectivity index (χ3n) is 3.18. The summed E-state index contributed by atoms with van der Waals surface area (Å²) in [4.78, 5) is 48.4. The Morgan fingerprint density at radius 1 is 0.920 bits per heavy atom. The van der Waals surface area contributed by atoms with E-state index in [2.05, 4.69) is 5.32 Å². The van der Waals surface area contributed by atoms with Gasteiger partial charge in [-0.3, -0.25) is 14.4 Å². The molecule has 0 aromatic heterocycles. The highest BCUT2D eigenvalue weighted by Crippen LogP contribution is 2.06. The SMILES string of the molecule is CN(CCC(=O)O)C(=O)CCN(C)C(=O)CCNC(=O)OC(C)(C)C. The number of hydrogen-bond acceptors (Lipinski definition) is 5. The van der Waals surface area contributed by atoms with Crippen molar-refractivity contribution >= 4 is 23.9 Å². The minimum absolute atomic E-state index is 0.0960. The van der Waals surface area contributed by atoms with Gasteiger partial charge in [0.05, 0.1) is 6.42 Å². The van der Waals surface area contributed by atoms with E-state index in [1.165, 1.54) is 16.8 Å². The second-order valence-corrected chi connectivity index (χ2v) is 6.70. The lowest BCUT2D eigenvalue weighted by molar-refractivity contribution is -0.138. The van der Waals surface area contributed by atoms with Crippen LogP contribution in [0.1, 0.15) is 40.0 Å². The zero-order valence-electron chi connectivity index (χ0n) is 15.6. The first kappa shape index (κ1) is 22.7. The van der Waals surface area contributed by atoms with Crippen LogP contribution in [0.25, 0.3) is 0 Å². The first-order valence-electron chi connectivity index (χ1n) is 8.09. The second kappa shape index (κ2) is 10.5. The van der Waals surface area contributed by atoms with Crippen LogP contribution in [0.15, 0.2) is 0 Å². The maximum Gasteiger partial charge on any atom is 0.407 e. The zero-order chi connectivity index (χ0) is 19.6. The Labute approximate surface area is 148 Å². The molecule has 0 rings (SSSR count). The summed E-state index contributed by atoms with van der Waals surface area (Å²) in [6.07, 6.45) is -0.498. The quantitative estimate of drug-likeness (QED) is 0.625. The molecule has 0 heterocycles. The van der Waals surface area contributed by atoms with E-state index >= 15 is 0 Å². The van der Waals surface area contributed by atoms with E-state index in [0.717, 1.165) is 0 Å². The lowest BCUT2D eigenvalue weighted by Crippen LogP contribution is -2.37. The van der Waals surface area contributed by atoms with Crippen LogP contribution in [0.5, 0.6) is 0 Å². The molecule has 0 aromatic carbocycles. The van der Waals surface area contributed by atoms with Crippen LogP contribution in [0.2, 0.25) is 0 Å². The second-order valence-electron chi connectivity index (χ2n) is 6.70. The predicted octanol–water partition coefficient (Wildman–Crippen LogP) is 0.683. The molecule has 3 amide bonds. The maximum atomic E-state index is 11.9. The van der Waals surface area contributed by atoms with Crippen molar-refractivity contribution in [3.05, 3.63) is 0 Å². The van der Waals surface area contributed by atoms with Gasteiger partial charge < -0.3 is 25.0 Å². The lowest BCUT2D eigenvalue weighted by atomic mass is 10.2. The van der Waals surface area contributed by atoms with Gasteiger partial charge in [0.1, 0.15) is 5.60 Å². The van der Waals surface area contributed by atoms with Crippen LogP contribution < -0.4 is 5.32 Å². The molecule has 0 fully saturated rings. The average Bonchev–Trinajstić information content (AvgIpc) is 2.47. The van der Waals surface area contributed by atoms with Crippen molar-refractivity contribution in [2.75, 3.05) is 33.7 Å². The molecular formula is C16H29N3O6. The van der Waals surface area contributed by atoms with Gasteiger partial charge in [0.25, 0.3) is 0 Å². The molecule has 0 spiro atoms. The number of alkyl carbamates (subject to hydrolysis) is 1. The van der Waals surface area contributed by atoms with Gasteiger partial charge in [0.15, 0.2) is 0 Å². The van der Waals surface area contributed by atoms with Crippen molar-refractivity contribution in [3.8, 4) is 0 Å². The summed E-state index contributed by atoms with van der Waals surface area (Å²) in [5.41, 5.74) is -0.599. The molecule has 9 nitrogen and oxygen atoms in total. The fraction of sp³-hybridized carbons (Fsp3) is 0.750. The van der Waals surface area contributed by atoms with Gasteiger partial charge in [0.2, 0.25) is 11.8 Å². The normalized spacial score (nSPS) is 10.8. The first-order chi connectivity index (χ1) is 11.4. The first-order valence-corrected chi connectivity index (χ1v) is 8.09. The summed E-state index contributed by atoms with van der Waals surface area (Å²) in [5, 5.41) is 11.1. The molecule has 0 bridgehead atoms. The number of rotatable bonds is 9. The maximum absolute atomic E-state index is 11.9. The van der Waals surface area contributed by atoms with E-state index in [9.17, 15) is 19.2 Å². The van der Waals surface area contributed by atoms with Crippen molar-refractivity contribution in [1.29, 1.82) is 0 Å². The number of nitrogens with zero attached hydrogens (tertiary/aromatic N) is 2. The lowest BCUT2D eigenvalue weighted by Gasteiger charge is -2.21. The van der Waals surface area contributed by atoms with Crippen LogP contribution >= 0.6 is 0 Å². The van der Waals surface area contributed by atoms with Crippen molar-refractivity contribution in [2.24, 2.45) is 0 Å². The minimum atomic E-state index is -0.968.